The molecule has 13 N–H and O–H groups in total. The molecule has 1 saturated heterocycles. The minimum absolute atomic E-state index is 0.0211. The number of H-pyrrole nitrogens is 2. The predicted molar refractivity (Wildman–Crippen MR) is 334 cm³/mol. The van der Waals surface area contributed by atoms with Gasteiger partial charge in [0.1, 0.15) is 48.3 Å². The Bertz CT molecular complexity index is 3460. The van der Waals surface area contributed by atoms with Gasteiger partial charge in [0, 0.05) is 60.0 Å². The van der Waals surface area contributed by atoms with Gasteiger partial charge >= 0.3 is 11.9 Å². The standard InChI is InChI=1S/C66H83N11O12/c1-37(2)28-49(70-58(80)46(67)30-40-18-9-7-10-19-40)59(81)71-50(29-38(3)4)60(82)72-52(32-42-35-68-47-24-15-13-22-44(42)47)61(83)73-53(34-56(78)79)62(84)75-54(33-43-36-69-48-25-16-14-23-45(43)48)65(87)77-27-17-26-55(77)64(86)74-51(31-41-20-11-8-12-21-41)63(85)76-57(39(5)6)66(88)89/h7-16,18-25,35-39,46,49-55,57,68-69H,17,26-34,67H2,1-6H3,(H,70,80)(H,71,81)(H,72,82)(H,73,83)(H,74,86)(H,75,84)(H,76,85)(H,78,79)(H,88,89)/t46-,49-,50-,51-,52-,53-,54-,55-,57-/m0/s1. The monoisotopic (exact) mass is 1220 g/mol. The van der Waals surface area contributed by atoms with Crippen LogP contribution in [0.1, 0.15) is 95.9 Å². The smallest absolute Gasteiger partial charge is 0.326 e. The summed E-state index contributed by atoms with van der Waals surface area (Å²) < 4.78 is 0. The Morgan fingerprint density at radius 3 is 1.45 bits per heavy atom. The minimum Gasteiger partial charge on any atom is -0.481 e. The van der Waals surface area contributed by atoms with E-state index in [-0.39, 0.29) is 63.3 Å². The summed E-state index contributed by atoms with van der Waals surface area (Å²) in [5.74, 6) is -9.83. The van der Waals surface area contributed by atoms with Crippen molar-refractivity contribution >= 4 is 81.0 Å². The van der Waals surface area contributed by atoms with E-state index in [2.05, 4.69) is 47.2 Å². The average Bonchev–Trinajstić information content (AvgIpc) is 4.45. The Morgan fingerprint density at radius 2 is 0.933 bits per heavy atom. The zero-order valence-electron chi connectivity index (χ0n) is 51.0. The Hall–Kier alpha value is -9.38. The van der Waals surface area contributed by atoms with Gasteiger partial charge in [0.2, 0.25) is 47.3 Å². The number of para-hydroxylation sites is 2. The second kappa shape index (κ2) is 31.5. The Balaban J connectivity index is 1.15. The first kappa shape index (κ1) is 67.1. The summed E-state index contributed by atoms with van der Waals surface area (Å²) in [6.07, 6.45) is 2.91. The molecule has 474 valence electrons. The summed E-state index contributed by atoms with van der Waals surface area (Å²) in [6, 6.07) is 20.4. The van der Waals surface area contributed by atoms with Crippen LogP contribution >= 0.6 is 0 Å². The maximum atomic E-state index is 15.2. The number of benzene rings is 4. The SMILES string of the molecule is CC(C)C[C@H](NC(=O)[C@H](CC(C)C)NC(=O)[C@@H](N)Cc1ccccc1)C(=O)N[C@@H](Cc1c[nH]c2ccccc12)C(=O)N[C@@H](CC(=O)O)C(=O)N[C@@H](Cc1c[nH]c2ccccc12)C(=O)N1CCC[C@H]1C(=O)N[C@@H](Cc1ccccc1)C(=O)N[C@H](C(=O)O)C(C)C. The average molecular weight is 1220 g/mol. The van der Waals surface area contributed by atoms with Crippen molar-refractivity contribution < 1.29 is 58.2 Å². The topological polar surface area (TPSA) is 356 Å². The molecule has 0 aliphatic carbocycles. The maximum absolute atomic E-state index is 15.2. The molecule has 3 heterocycles. The van der Waals surface area contributed by atoms with Crippen LogP contribution in [-0.2, 0) is 73.6 Å². The van der Waals surface area contributed by atoms with E-state index in [0.29, 0.717) is 44.9 Å². The highest BCUT2D eigenvalue weighted by atomic mass is 16.4. The van der Waals surface area contributed by atoms with Crippen molar-refractivity contribution in [1.82, 2.24) is 52.1 Å². The molecule has 6 aromatic rings. The quantitative estimate of drug-likeness (QED) is 0.0294. The Kier molecular flexibility index (Phi) is 23.8. The van der Waals surface area contributed by atoms with E-state index in [0.717, 1.165) is 5.56 Å². The fraction of sp³-hybridized carbons (Fsp3) is 0.424. The molecule has 0 radical (unpaired) electrons. The molecule has 0 spiro atoms. The van der Waals surface area contributed by atoms with Gasteiger partial charge in [0.15, 0.2) is 0 Å². The molecular weight excluding hydrogens is 1140 g/mol. The van der Waals surface area contributed by atoms with Crippen molar-refractivity contribution in [2.45, 2.75) is 154 Å². The molecule has 4 aromatic carbocycles. The van der Waals surface area contributed by atoms with E-state index in [1.54, 1.807) is 80.8 Å². The number of carboxylic acid groups (broad SMARTS) is 2. The third kappa shape index (κ3) is 18.8. The number of carbonyl (C=O) groups excluding carboxylic acids is 8. The number of aliphatic carboxylic acids is 2. The van der Waals surface area contributed by atoms with Gasteiger partial charge in [-0.1, -0.05) is 139 Å². The highest BCUT2D eigenvalue weighted by Crippen LogP contribution is 2.25. The first-order valence-electron chi connectivity index (χ1n) is 30.3. The van der Waals surface area contributed by atoms with Crippen LogP contribution in [0.2, 0.25) is 0 Å². The molecule has 23 nitrogen and oxygen atoms in total. The highest BCUT2D eigenvalue weighted by Gasteiger charge is 2.41. The van der Waals surface area contributed by atoms with E-state index in [1.807, 2.05) is 82.3 Å². The van der Waals surface area contributed by atoms with Crippen LogP contribution in [0.4, 0.5) is 0 Å². The molecule has 7 rings (SSSR count). The summed E-state index contributed by atoms with van der Waals surface area (Å²) in [5.41, 5.74) is 10.4. The number of fused-ring (bicyclic) bond motifs is 2. The van der Waals surface area contributed by atoms with Crippen molar-refractivity contribution in [3.8, 4) is 0 Å². The highest BCUT2D eigenvalue weighted by molar-refractivity contribution is 6.00. The van der Waals surface area contributed by atoms with Gasteiger partial charge in [0.25, 0.3) is 0 Å². The van der Waals surface area contributed by atoms with E-state index < -0.39 is 126 Å². The number of nitrogens with two attached hydrogens (primary N) is 1. The lowest BCUT2D eigenvalue weighted by atomic mass is 9.98. The first-order valence-corrected chi connectivity index (χ1v) is 30.3. The fourth-order valence-electron chi connectivity index (χ4n) is 11.2. The number of aromatic nitrogens is 2. The van der Waals surface area contributed by atoms with Crippen molar-refractivity contribution in [3.05, 3.63) is 144 Å². The molecule has 0 bridgehead atoms. The van der Waals surface area contributed by atoms with Crippen LogP contribution < -0.4 is 43.0 Å². The van der Waals surface area contributed by atoms with Crippen LogP contribution in [-0.4, -0.2) is 145 Å². The second-order valence-electron chi connectivity index (χ2n) is 24.1. The second-order valence-corrected chi connectivity index (χ2v) is 24.1. The molecule has 1 aliphatic rings. The summed E-state index contributed by atoms with van der Waals surface area (Å²) in [4.78, 5) is 148. The number of hydrogen-bond donors (Lipinski definition) is 12. The molecular formula is C66H83N11O12. The summed E-state index contributed by atoms with van der Waals surface area (Å²) in [7, 11) is 0. The van der Waals surface area contributed by atoms with Gasteiger partial charge in [-0.15, -0.1) is 0 Å². The van der Waals surface area contributed by atoms with Crippen molar-refractivity contribution in [2.75, 3.05) is 6.54 Å². The van der Waals surface area contributed by atoms with Gasteiger partial charge in [0.05, 0.1) is 12.5 Å². The summed E-state index contributed by atoms with van der Waals surface area (Å²) in [5, 5.41) is 40.6. The number of aromatic amines is 2. The van der Waals surface area contributed by atoms with E-state index in [4.69, 9.17) is 5.73 Å². The number of rotatable bonds is 31. The van der Waals surface area contributed by atoms with Crippen LogP contribution in [0.3, 0.4) is 0 Å². The van der Waals surface area contributed by atoms with Crippen LogP contribution in [0, 0.1) is 17.8 Å². The lowest BCUT2D eigenvalue weighted by Crippen LogP contribution is -2.61. The van der Waals surface area contributed by atoms with Gasteiger partial charge in [-0.2, -0.15) is 0 Å². The predicted octanol–water partition coefficient (Wildman–Crippen LogP) is 3.94. The number of carboxylic acids is 2. The van der Waals surface area contributed by atoms with Crippen molar-refractivity contribution in [3.63, 3.8) is 0 Å². The molecule has 1 fully saturated rings. The number of amides is 8. The first-order chi connectivity index (χ1) is 42.4. The third-order valence-corrected chi connectivity index (χ3v) is 15.8. The van der Waals surface area contributed by atoms with E-state index in [9.17, 15) is 53.4 Å². The molecule has 1 aliphatic heterocycles. The van der Waals surface area contributed by atoms with Crippen LogP contribution in [0.5, 0.6) is 0 Å². The largest absolute Gasteiger partial charge is 0.481 e. The van der Waals surface area contributed by atoms with Crippen LogP contribution in [0.15, 0.2) is 122 Å². The van der Waals surface area contributed by atoms with Gasteiger partial charge in [-0.25, -0.2) is 4.79 Å². The number of carbonyl (C=O) groups is 10. The molecule has 8 amide bonds. The molecule has 0 unspecified atom stereocenters. The third-order valence-electron chi connectivity index (χ3n) is 15.8. The molecule has 2 aromatic heterocycles. The zero-order chi connectivity index (χ0) is 64.5. The lowest BCUT2D eigenvalue weighted by molar-refractivity contribution is -0.145. The lowest BCUT2D eigenvalue weighted by Gasteiger charge is -2.31. The molecule has 23 heteroatoms. The van der Waals surface area contributed by atoms with Gasteiger partial charge in [-0.05, 0) is 84.2 Å². The van der Waals surface area contributed by atoms with Crippen molar-refractivity contribution in [2.24, 2.45) is 23.5 Å². The van der Waals surface area contributed by atoms with Crippen LogP contribution in [0.25, 0.3) is 21.8 Å². The molecule has 9 atom stereocenters. The van der Waals surface area contributed by atoms with Crippen molar-refractivity contribution in [1.29, 1.82) is 0 Å². The number of hydrogen-bond acceptors (Lipinski definition) is 11. The van der Waals surface area contributed by atoms with Gasteiger partial charge in [-0.3, -0.25) is 43.2 Å². The maximum Gasteiger partial charge on any atom is 0.326 e. The number of nitrogens with zero attached hydrogens (tertiary/aromatic N) is 1. The Morgan fingerprint density at radius 1 is 0.506 bits per heavy atom. The minimum atomic E-state index is -1.86. The van der Waals surface area contributed by atoms with E-state index >= 15 is 4.79 Å². The normalized spacial score (nSPS) is 15.9. The fourth-order valence-corrected chi connectivity index (χ4v) is 11.2. The van der Waals surface area contributed by atoms with E-state index in [1.165, 1.54) is 4.90 Å². The summed E-state index contributed by atoms with van der Waals surface area (Å²) >= 11 is 0. The number of nitrogens with one attached hydrogen (secondary N) is 9. The van der Waals surface area contributed by atoms with Gasteiger partial charge < -0.3 is 68.0 Å². The summed E-state index contributed by atoms with van der Waals surface area (Å²) in [6.45, 7) is 10.7. The zero-order valence-corrected chi connectivity index (χ0v) is 51.0. The molecule has 0 saturated carbocycles. The Labute approximate surface area is 516 Å². The molecule has 89 heavy (non-hydrogen) atoms. The number of likely N-dealkylation sites (tertiary alicyclic amines) is 1.